The van der Waals surface area contributed by atoms with E-state index in [1.165, 1.54) is 0 Å². The molecule has 140 valence electrons. The van der Waals surface area contributed by atoms with Crippen molar-refractivity contribution in [3.8, 4) is 28.7 Å². The average molecular weight is 373 g/mol. The first-order chi connectivity index (χ1) is 13.6. The van der Waals surface area contributed by atoms with E-state index in [0.717, 1.165) is 29.6 Å². The molecule has 1 aliphatic rings. The summed E-state index contributed by atoms with van der Waals surface area (Å²) in [7, 11) is 1.82. The zero-order valence-electron chi connectivity index (χ0n) is 15.7. The van der Waals surface area contributed by atoms with Crippen LogP contribution in [0.15, 0.2) is 37.1 Å². The molecular weight excluding hydrogens is 354 g/mol. The number of aromatic nitrogens is 8. The Balaban J connectivity index is 1.61. The summed E-state index contributed by atoms with van der Waals surface area (Å²) in [5.74, 6) is 0.612. The quantitative estimate of drug-likeness (QED) is 0.544. The van der Waals surface area contributed by atoms with Gasteiger partial charge in [-0.3, -0.25) is 9.36 Å². The normalized spacial score (nSPS) is 21.5. The second-order valence-corrected chi connectivity index (χ2v) is 7.66. The van der Waals surface area contributed by atoms with Gasteiger partial charge in [-0.05, 0) is 24.8 Å². The Bertz CT molecular complexity index is 1200. The Morgan fingerprint density at radius 3 is 2.79 bits per heavy atom. The fourth-order valence-corrected chi connectivity index (χ4v) is 4.23. The third-order valence-electron chi connectivity index (χ3n) is 5.46. The predicted octanol–water partition coefficient (Wildman–Crippen LogP) is 2.43. The van der Waals surface area contributed by atoms with E-state index in [0.29, 0.717) is 23.7 Å². The van der Waals surface area contributed by atoms with Crippen LogP contribution in [0.4, 0.5) is 0 Å². The average Bonchev–Trinajstić information content (AvgIpc) is 3.39. The zero-order chi connectivity index (χ0) is 19.3. The molecule has 4 heterocycles. The molecule has 0 radical (unpaired) electrons. The van der Waals surface area contributed by atoms with E-state index in [1.54, 1.807) is 15.4 Å². The van der Waals surface area contributed by atoms with Gasteiger partial charge in [0, 0.05) is 18.8 Å². The van der Waals surface area contributed by atoms with Crippen molar-refractivity contribution in [3.05, 3.63) is 37.1 Å². The van der Waals surface area contributed by atoms with Crippen LogP contribution in [0.3, 0.4) is 0 Å². The fourth-order valence-electron chi connectivity index (χ4n) is 4.23. The standard InChI is InChI=1S/C19H19N9/c1-13-7-19(8-13,4-5-20)28-10-14(9-22-28)18-17-3-6-21-27(17)12-15(23-18)16-11-26(2)25-24-16/h3,6,9-13H,4,7-8H2,1-2H3/t13-,19-. The molecular formula is C19H19N9. The molecule has 0 spiro atoms. The summed E-state index contributed by atoms with van der Waals surface area (Å²) >= 11 is 0. The van der Waals surface area contributed by atoms with Gasteiger partial charge in [0.15, 0.2) is 0 Å². The molecule has 0 unspecified atom stereocenters. The van der Waals surface area contributed by atoms with Crippen molar-refractivity contribution in [2.75, 3.05) is 0 Å². The highest BCUT2D eigenvalue weighted by atomic mass is 15.4. The Labute approximate surface area is 161 Å². The molecule has 9 heteroatoms. The van der Waals surface area contributed by atoms with E-state index < -0.39 is 0 Å². The summed E-state index contributed by atoms with van der Waals surface area (Å²) in [5, 5.41) is 26.4. The van der Waals surface area contributed by atoms with Gasteiger partial charge in [-0.1, -0.05) is 12.1 Å². The van der Waals surface area contributed by atoms with Crippen LogP contribution < -0.4 is 0 Å². The summed E-state index contributed by atoms with van der Waals surface area (Å²) in [6, 6.07) is 4.26. The summed E-state index contributed by atoms with van der Waals surface area (Å²) in [6.07, 6.45) is 11.6. The highest BCUT2D eigenvalue weighted by Gasteiger charge is 2.44. The zero-order valence-corrected chi connectivity index (χ0v) is 15.7. The van der Waals surface area contributed by atoms with Crippen LogP contribution in [0.1, 0.15) is 26.2 Å². The molecule has 9 nitrogen and oxygen atoms in total. The van der Waals surface area contributed by atoms with Crippen molar-refractivity contribution in [3.63, 3.8) is 0 Å². The number of nitriles is 1. The Morgan fingerprint density at radius 1 is 1.21 bits per heavy atom. The smallest absolute Gasteiger partial charge is 0.133 e. The first-order valence-electron chi connectivity index (χ1n) is 9.21. The van der Waals surface area contributed by atoms with E-state index in [1.807, 2.05) is 42.6 Å². The summed E-state index contributed by atoms with van der Waals surface area (Å²) in [5.41, 5.74) is 3.74. The number of hydrogen-bond acceptors (Lipinski definition) is 6. The molecule has 4 aromatic rings. The van der Waals surface area contributed by atoms with Gasteiger partial charge in [-0.2, -0.15) is 15.5 Å². The predicted molar refractivity (Wildman–Crippen MR) is 101 cm³/mol. The first kappa shape index (κ1) is 16.6. The van der Waals surface area contributed by atoms with Gasteiger partial charge in [0.25, 0.3) is 0 Å². The maximum Gasteiger partial charge on any atom is 0.133 e. The number of aryl methyl sites for hydroxylation is 1. The van der Waals surface area contributed by atoms with Gasteiger partial charge in [0.05, 0.1) is 54.0 Å². The molecule has 0 aliphatic heterocycles. The number of fused-ring (bicyclic) bond motifs is 1. The summed E-state index contributed by atoms with van der Waals surface area (Å²) < 4.78 is 5.39. The second-order valence-electron chi connectivity index (χ2n) is 7.66. The van der Waals surface area contributed by atoms with Gasteiger partial charge in [0.1, 0.15) is 11.4 Å². The van der Waals surface area contributed by atoms with Crippen LogP contribution in [0, 0.1) is 17.2 Å². The SMILES string of the molecule is Cn1cc(-c2cn3nccc3c(-c3cnn([C@]4(CC#N)C[C@@H](C)C4)c3)n2)nn1. The van der Waals surface area contributed by atoms with E-state index in [4.69, 9.17) is 4.98 Å². The maximum atomic E-state index is 9.29. The van der Waals surface area contributed by atoms with Crippen molar-refractivity contribution in [1.82, 2.24) is 39.4 Å². The molecule has 0 saturated heterocycles. The van der Waals surface area contributed by atoms with Crippen LogP contribution in [-0.2, 0) is 12.6 Å². The number of hydrogen-bond donors (Lipinski definition) is 0. The topological polar surface area (TPSA) is 103 Å². The maximum absolute atomic E-state index is 9.29. The summed E-state index contributed by atoms with van der Waals surface area (Å²) in [6.45, 7) is 2.21. The lowest BCUT2D eigenvalue weighted by Gasteiger charge is -2.45. The highest BCUT2D eigenvalue weighted by molar-refractivity contribution is 5.77. The van der Waals surface area contributed by atoms with Gasteiger partial charge in [0.2, 0.25) is 0 Å². The van der Waals surface area contributed by atoms with Gasteiger partial charge in [-0.25, -0.2) is 9.50 Å². The molecule has 0 bridgehead atoms. The van der Waals surface area contributed by atoms with Crippen LogP contribution in [-0.4, -0.2) is 39.4 Å². The number of nitrogens with zero attached hydrogens (tertiary/aromatic N) is 9. The fraction of sp³-hybridized carbons (Fsp3) is 0.368. The highest BCUT2D eigenvalue weighted by Crippen LogP contribution is 2.46. The molecule has 5 rings (SSSR count). The summed E-state index contributed by atoms with van der Waals surface area (Å²) in [4.78, 5) is 4.83. The molecule has 0 N–H and O–H groups in total. The lowest BCUT2D eigenvalue weighted by Crippen LogP contribution is -2.45. The molecule has 0 atom stereocenters. The molecule has 1 fully saturated rings. The van der Waals surface area contributed by atoms with Crippen molar-refractivity contribution in [2.24, 2.45) is 13.0 Å². The molecule has 0 aromatic carbocycles. The van der Waals surface area contributed by atoms with E-state index in [9.17, 15) is 5.26 Å². The van der Waals surface area contributed by atoms with Gasteiger partial charge in [-0.15, -0.1) is 5.10 Å². The van der Waals surface area contributed by atoms with Crippen molar-refractivity contribution < 1.29 is 0 Å². The lowest BCUT2D eigenvalue weighted by molar-refractivity contribution is 0.0682. The Kier molecular flexibility index (Phi) is 3.55. The molecule has 1 saturated carbocycles. The first-order valence-corrected chi connectivity index (χ1v) is 9.21. The second kappa shape index (κ2) is 5.99. The van der Waals surface area contributed by atoms with E-state index in [2.05, 4.69) is 33.5 Å². The number of rotatable bonds is 4. The Morgan fingerprint density at radius 2 is 2.07 bits per heavy atom. The van der Waals surface area contributed by atoms with Crippen LogP contribution in [0.25, 0.3) is 28.2 Å². The molecule has 28 heavy (non-hydrogen) atoms. The molecule has 0 amide bonds. The third-order valence-corrected chi connectivity index (χ3v) is 5.46. The van der Waals surface area contributed by atoms with Crippen LogP contribution in [0.5, 0.6) is 0 Å². The molecule has 1 aliphatic carbocycles. The lowest BCUT2D eigenvalue weighted by atomic mass is 9.67. The van der Waals surface area contributed by atoms with Crippen molar-refractivity contribution in [1.29, 1.82) is 5.26 Å². The van der Waals surface area contributed by atoms with Gasteiger partial charge < -0.3 is 0 Å². The van der Waals surface area contributed by atoms with Crippen LogP contribution in [0.2, 0.25) is 0 Å². The van der Waals surface area contributed by atoms with Gasteiger partial charge >= 0.3 is 0 Å². The third kappa shape index (κ3) is 2.49. The molecule has 4 aromatic heterocycles. The largest absolute Gasteiger partial charge is 0.265 e. The van der Waals surface area contributed by atoms with E-state index >= 15 is 0 Å². The van der Waals surface area contributed by atoms with Crippen LogP contribution >= 0.6 is 0 Å². The minimum absolute atomic E-state index is 0.203. The minimum atomic E-state index is -0.203. The Hall–Kier alpha value is -3.54. The minimum Gasteiger partial charge on any atom is -0.265 e. The van der Waals surface area contributed by atoms with Crippen molar-refractivity contribution in [2.45, 2.75) is 31.7 Å². The monoisotopic (exact) mass is 373 g/mol. The van der Waals surface area contributed by atoms with Crippen molar-refractivity contribution >= 4 is 5.52 Å². The van der Waals surface area contributed by atoms with E-state index in [-0.39, 0.29) is 5.54 Å².